The van der Waals surface area contributed by atoms with Gasteiger partial charge in [0.1, 0.15) is 0 Å². The van der Waals surface area contributed by atoms with Crippen LogP contribution in [-0.4, -0.2) is 33.1 Å². The molecule has 108 valence electrons. The molecule has 2 fully saturated rings. The first kappa shape index (κ1) is 13.3. The Bertz CT molecular complexity index is 520. The van der Waals surface area contributed by atoms with E-state index in [2.05, 4.69) is 4.90 Å². The van der Waals surface area contributed by atoms with Crippen LogP contribution in [0.5, 0.6) is 0 Å². The lowest BCUT2D eigenvalue weighted by atomic mass is 9.98. The molecule has 1 aromatic carbocycles. The standard InChI is InChI=1S/C14H19N3O3/c15-14-4-3-12(17(19)20)5-9(14)8-16-10-1-2-11(16)7-13(18)6-10/h3-5,10-11,13,18H,1-2,6-8,15H2. The van der Waals surface area contributed by atoms with Gasteiger partial charge in [-0.1, -0.05) is 0 Å². The average Bonchev–Trinajstić information content (AvgIpc) is 2.64. The molecular formula is C14H19N3O3. The fraction of sp³-hybridized carbons (Fsp3) is 0.571. The second kappa shape index (κ2) is 5.03. The van der Waals surface area contributed by atoms with E-state index in [1.54, 1.807) is 12.1 Å². The molecule has 0 spiro atoms. The number of hydrogen-bond donors (Lipinski definition) is 2. The lowest BCUT2D eigenvalue weighted by Crippen LogP contribution is -2.44. The van der Waals surface area contributed by atoms with Crippen molar-refractivity contribution in [1.82, 2.24) is 4.90 Å². The zero-order chi connectivity index (χ0) is 14.3. The normalized spacial score (nSPS) is 29.6. The molecular weight excluding hydrogens is 258 g/mol. The van der Waals surface area contributed by atoms with Gasteiger partial charge >= 0.3 is 0 Å². The van der Waals surface area contributed by atoms with Crippen molar-refractivity contribution >= 4 is 11.4 Å². The third kappa shape index (κ3) is 2.36. The molecule has 3 rings (SSSR count). The predicted octanol–water partition coefficient (Wildman–Crippen LogP) is 1.66. The number of nitrogens with two attached hydrogens (primary N) is 1. The number of nitrogens with zero attached hydrogens (tertiary/aromatic N) is 2. The van der Waals surface area contributed by atoms with E-state index in [1.807, 2.05) is 0 Å². The Morgan fingerprint density at radius 2 is 2.00 bits per heavy atom. The van der Waals surface area contributed by atoms with E-state index in [0.29, 0.717) is 24.3 Å². The zero-order valence-electron chi connectivity index (χ0n) is 11.2. The largest absolute Gasteiger partial charge is 0.398 e. The molecule has 2 saturated heterocycles. The van der Waals surface area contributed by atoms with E-state index >= 15 is 0 Å². The average molecular weight is 277 g/mol. The number of anilines is 1. The quantitative estimate of drug-likeness (QED) is 0.498. The van der Waals surface area contributed by atoms with Crippen molar-refractivity contribution in [1.29, 1.82) is 0 Å². The fourth-order valence-electron chi connectivity index (χ4n) is 3.54. The minimum atomic E-state index is -0.391. The maximum absolute atomic E-state index is 10.9. The molecule has 20 heavy (non-hydrogen) atoms. The van der Waals surface area contributed by atoms with Crippen molar-refractivity contribution in [2.24, 2.45) is 0 Å². The minimum absolute atomic E-state index is 0.0820. The van der Waals surface area contributed by atoms with Gasteiger partial charge in [-0.2, -0.15) is 0 Å². The summed E-state index contributed by atoms with van der Waals surface area (Å²) in [6.07, 6.45) is 3.58. The van der Waals surface area contributed by atoms with Gasteiger partial charge in [0.2, 0.25) is 0 Å². The van der Waals surface area contributed by atoms with E-state index in [-0.39, 0.29) is 11.8 Å². The van der Waals surface area contributed by atoms with Gasteiger partial charge in [0, 0.05) is 36.4 Å². The highest BCUT2D eigenvalue weighted by molar-refractivity contribution is 5.52. The first-order chi connectivity index (χ1) is 9.54. The molecule has 2 bridgehead atoms. The molecule has 1 aromatic rings. The molecule has 0 amide bonds. The Labute approximate surface area is 117 Å². The van der Waals surface area contributed by atoms with E-state index in [0.717, 1.165) is 31.2 Å². The Kier molecular flexibility index (Phi) is 3.35. The first-order valence-electron chi connectivity index (χ1n) is 7.01. The van der Waals surface area contributed by atoms with Crippen molar-refractivity contribution in [2.45, 2.75) is 50.4 Å². The molecule has 2 aliphatic heterocycles. The first-order valence-corrected chi connectivity index (χ1v) is 7.01. The monoisotopic (exact) mass is 277 g/mol. The number of fused-ring (bicyclic) bond motifs is 2. The van der Waals surface area contributed by atoms with Gasteiger partial charge in [-0.25, -0.2) is 0 Å². The number of aliphatic hydroxyl groups excluding tert-OH is 1. The second-order valence-corrected chi connectivity index (χ2v) is 5.82. The van der Waals surface area contributed by atoms with Crippen molar-refractivity contribution in [3.8, 4) is 0 Å². The number of nitrogen functional groups attached to an aromatic ring is 1. The second-order valence-electron chi connectivity index (χ2n) is 5.82. The number of non-ortho nitro benzene ring substituents is 1. The van der Waals surface area contributed by atoms with Crippen LogP contribution in [0.2, 0.25) is 0 Å². The van der Waals surface area contributed by atoms with Crippen LogP contribution in [0.3, 0.4) is 0 Å². The zero-order valence-corrected chi connectivity index (χ0v) is 11.2. The van der Waals surface area contributed by atoms with Crippen molar-refractivity contribution in [2.75, 3.05) is 5.73 Å². The smallest absolute Gasteiger partial charge is 0.269 e. The van der Waals surface area contributed by atoms with Crippen LogP contribution in [0.15, 0.2) is 18.2 Å². The van der Waals surface area contributed by atoms with Gasteiger partial charge in [0.15, 0.2) is 0 Å². The lowest BCUT2D eigenvalue weighted by Gasteiger charge is -2.37. The number of hydrogen-bond acceptors (Lipinski definition) is 5. The van der Waals surface area contributed by atoms with E-state index < -0.39 is 4.92 Å². The Morgan fingerprint density at radius 1 is 1.35 bits per heavy atom. The highest BCUT2D eigenvalue weighted by atomic mass is 16.6. The lowest BCUT2D eigenvalue weighted by molar-refractivity contribution is -0.384. The maximum Gasteiger partial charge on any atom is 0.269 e. The van der Waals surface area contributed by atoms with Gasteiger partial charge in [-0.05, 0) is 37.3 Å². The van der Waals surface area contributed by atoms with Gasteiger partial charge in [0.25, 0.3) is 5.69 Å². The molecule has 2 heterocycles. The molecule has 0 saturated carbocycles. The Morgan fingerprint density at radius 3 is 2.60 bits per heavy atom. The molecule has 0 aromatic heterocycles. The van der Waals surface area contributed by atoms with Crippen LogP contribution in [0.1, 0.15) is 31.2 Å². The van der Waals surface area contributed by atoms with Crippen LogP contribution in [-0.2, 0) is 6.54 Å². The number of rotatable bonds is 3. The number of benzene rings is 1. The van der Waals surface area contributed by atoms with Crippen LogP contribution >= 0.6 is 0 Å². The van der Waals surface area contributed by atoms with Gasteiger partial charge in [-0.3, -0.25) is 15.0 Å². The number of nitro groups is 1. The van der Waals surface area contributed by atoms with Crippen molar-refractivity contribution in [3.05, 3.63) is 33.9 Å². The van der Waals surface area contributed by atoms with Crippen LogP contribution in [0, 0.1) is 10.1 Å². The van der Waals surface area contributed by atoms with Gasteiger partial charge < -0.3 is 10.8 Å². The summed E-state index contributed by atoms with van der Waals surface area (Å²) in [5, 5.41) is 20.7. The molecule has 0 radical (unpaired) electrons. The van der Waals surface area contributed by atoms with Crippen LogP contribution in [0.4, 0.5) is 11.4 Å². The molecule has 2 unspecified atom stereocenters. The van der Waals surface area contributed by atoms with E-state index in [4.69, 9.17) is 5.73 Å². The molecule has 3 N–H and O–H groups in total. The van der Waals surface area contributed by atoms with E-state index in [9.17, 15) is 15.2 Å². The molecule has 2 aliphatic rings. The number of nitro benzene ring substituents is 1. The molecule has 2 atom stereocenters. The molecule has 6 heteroatoms. The van der Waals surface area contributed by atoms with Gasteiger partial charge in [-0.15, -0.1) is 0 Å². The predicted molar refractivity (Wildman–Crippen MR) is 75.1 cm³/mol. The molecule has 0 aliphatic carbocycles. The topological polar surface area (TPSA) is 92.6 Å². The highest BCUT2D eigenvalue weighted by Gasteiger charge is 2.40. The molecule has 6 nitrogen and oxygen atoms in total. The minimum Gasteiger partial charge on any atom is -0.398 e. The van der Waals surface area contributed by atoms with Crippen molar-refractivity contribution < 1.29 is 10.0 Å². The summed E-state index contributed by atoms with van der Waals surface area (Å²) < 4.78 is 0. The summed E-state index contributed by atoms with van der Waals surface area (Å²) in [4.78, 5) is 12.8. The highest BCUT2D eigenvalue weighted by Crippen LogP contribution is 2.37. The Balaban J connectivity index is 1.81. The van der Waals surface area contributed by atoms with E-state index in [1.165, 1.54) is 6.07 Å². The summed E-state index contributed by atoms with van der Waals surface area (Å²) in [7, 11) is 0. The SMILES string of the molecule is Nc1ccc([N+](=O)[O-])cc1CN1C2CCC1CC(O)C2. The number of piperidine rings is 1. The van der Waals surface area contributed by atoms with Crippen LogP contribution in [0.25, 0.3) is 0 Å². The maximum atomic E-state index is 10.9. The van der Waals surface area contributed by atoms with Crippen molar-refractivity contribution in [3.63, 3.8) is 0 Å². The number of aliphatic hydroxyl groups is 1. The summed E-state index contributed by atoms with van der Waals surface area (Å²) in [5.41, 5.74) is 7.44. The third-order valence-corrected chi connectivity index (χ3v) is 4.55. The Hall–Kier alpha value is -1.66. The fourth-order valence-corrected chi connectivity index (χ4v) is 3.54. The summed E-state index contributed by atoms with van der Waals surface area (Å²) >= 11 is 0. The summed E-state index contributed by atoms with van der Waals surface area (Å²) in [5.74, 6) is 0. The van der Waals surface area contributed by atoms with Gasteiger partial charge in [0.05, 0.1) is 11.0 Å². The third-order valence-electron chi connectivity index (χ3n) is 4.55. The van der Waals surface area contributed by atoms with Crippen LogP contribution < -0.4 is 5.73 Å². The summed E-state index contributed by atoms with van der Waals surface area (Å²) in [6, 6.07) is 5.37. The summed E-state index contributed by atoms with van der Waals surface area (Å²) in [6.45, 7) is 0.634.